The van der Waals surface area contributed by atoms with Crippen LogP contribution in [-0.2, 0) is 4.74 Å². The molecule has 0 unspecified atom stereocenters. The molecule has 0 amide bonds. The Hall–Kier alpha value is 0.117. The van der Waals surface area contributed by atoms with Gasteiger partial charge in [-0.1, -0.05) is 5.92 Å². The first-order valence-corrected chi connectivity index (χ1v) is 2.15. The van der Waals surface area contributed by atoms with Gasteiger partial charge in [-0.05, 0) is 13.8 Å². The van der Waals surface area contributed by atoms with E-state index >= 15 is 0 Å². The van der Waals surface area contributed by atoms with Crippen LogP contribution in [-0.4, -0.2) is 12.7 Å². The van der Waals surface area contributed by atoms with Crippen LogP contribution in [0.1, 0.15) is 15.3 Å². The van der Waals surface area contributed by atoms with Crippen LogP contribution in [0.4, 0.5) is 0 Å². The smallest absolute Gasteiger partial charge is 1.00 e. The third-order valence-corrected chi connectivity index (χ3v) is 0.858. The number of ether oxygens (including phenoxy) is 1. The van der Waals surface area contributed by atoms with Crippen LogP contribution in [0.25, 0.3) is 0 Å². The van der Waals surface area contributed by atoms with E-state index in [2.05, 4.69) is 5.92 Å². The molecule has 1 nitrogen and oxygen atoms in total. The fraction of sp³-hybridized carbons (Fsp3) is 0.667. The average molecular weight is 106 g/mol. The van der Waals surface area contributed by atoms with E-state index in [-0.39, 0.29) is 25.9 Å². The molecule has 0 aliphatic rings. The normalized spacial score (nSPS) is 9.25. The Morgan fingerprint density at radius 2 is 2.00 bits per heavy atom. The van der Waals surface area contributed by atoms with Gasteiger partial charge in [0.15, 0.2) is 0 Å². The summed E-state index contributed by atoms with van der Waals surface area (Å²) in [5, 5.41) is 0. The van der Waals surface area contributed by atoms with Crippen molar-refractivity contribution >= 4 is 0 Å². The Morgan fingerprint density at radius 3 is 2.00 bits per heavy atom. The van der Waals surface area contributed by atoms with Crippen molar-refractivity contribution in [3.63, 3.8) is 0 Å². The monoisotopic (exact) mass is 106 g/mol. The molecule has 8 heavy (non-hydrogen) atoms. The van der Waals surface area contributed by atoms with Crippen molar-refractivity contribution in [2.75, 3.05) is 7.11 Å². The summed E-state index contributed by atoms with van der Waals surface area (Å²) in [6, 6.07) is 0. The van der Waals surface area contributed by atoms with Gasteiger partial charge in [0.1, 0.15) is 5.60 Å². The minimum absolute atomic E-state index is 0. The Bertz CT molecular complexity index is 95.7. The van der Waals surface area contributed by atoms with Gasteiger partial charge in [0, 0.05) is 7.11 Å². The summed E-state index contributed by atoms with van der Waals surface area (Å²) in [4.78, 5) is 0. The fourth-order valence-electron chi connectivity index (χ4n) is 0.0589. The SMILES string of the molecule is C#CC(C)(C)OC.[H-].[Li+]. The first kappa shape index (κ1) is 11.0. The van der Waals surface area contributed by atoms with Crippen molar-refractivity contribution in [2.24, 2.45) is 0 Å². The summed E-state index contributed by atoms with van der Waals surface area (Å²) in [7, 11) is 1.60. The van der Waals surface area contributed by atoms with E-state index in [0.29, 0.717) is 0 Å². The van der Waals surface area contributed by atoms with Crippen LogP contribution >= 0.6 is 0 Å². The van der Waals surface area contributed by atoms with Crippen LogP contribution in [0.5, 0.6) is 0 Å². The third kappa shape index (κ3) is 4.28. The van der Waals surface area contributed by atoms with Crippen molar-refractivity contribution in [1.82, 2.24) is 0 Å². The number of terminal acetylenes is 1. The van der Waals surface area contributed by atoms with E-state index < -0.39 is 0 Å². The molecule has 0 aromatic carbocycles. The van der Waals surface area contributed by atoms with Crippen LogP contribution in [0.3, 0.4) is 0 Å². The molecule has 0 fully saturated rings. The second kappa shape index (κ2) is 4.04. The van der Waals surface area contributed by atoms with E-state index in [0.717, 1.165) is 0 Å². The van der Waals surface area contributed by atoms with Crippen molar-refractivity contribution < 1.29 is 25.0 Å². The third-order valence-electron chi connectivity index (χ3n) is 0.858. The van der Waals surface area contributed by atoms with Crippen molar-refractivity contribution in [3.8, 4) is 12.3 Å². The minimum atomic E-state index is -0.389. The van der Waals surface area contributed by atoms with Crippen molar-refractivity contribution in [2.45, 2.75) is 19.4 Å². The summed E-state index contributed by atoms with van der Waals surface area (Å²) >= 11 is 0. The molecule has 2 heteroatoms. The Morgan fingerprint density at radius 1 is 1.62 bits per heavy atom. The second-order valence-electron chi connectivity index (χ2n) is 1.86. The van der Waals surface area contributed by atoms with Crippen LogP contribution in [0.2, 0.25) is 0 Å². The molecule has 0 radical (unpaired) electrons. The number of methoxy groups -OCH3 is 1. The first-order chi connectivity index (χ1) is 3.12. The van der Waals surface area contributed by atoms with Crippen LogP contribution < -0.4 is 18.9 Å². The van der Waals surface area contributed by atoms with Gasteiger partial charge in [-0.15, -0.1) is 6.42 Å². The molecule has 0 aliphatic carbocycles. The van der Waals surface area contributed by atoms with Crippen molar-refractivity contribution in [3.05, 3.63) is 0 Å². The molecule has 0 saturated heterocycles. The topological polar surface area (TPSA) is 9.23 Å². The maximum Gasteiger partial charge on any atom is 1.00 e. The van der Waals surface area contributed by atoms with E-state index in [1.807, 2.05) is 13.8 Å². The zero-order valence-corrected chi connectivity index (χ0v) is 5.99. The molecule has 0 aliphatic heterocycles. The van der Waals surface area contributed by atoms with E-state index in [1.165, 1.54) is 0 Å². The van der Waals surface area contributed by atoms with Crippen LogP contribution in [0, 0.1) is 12.3 Å². The number of rotatable bonds is 1. The van der Waals surface area contributed by atoms with E-state index in [1.54, 1.807) is 7.11 Å². The molecule has 0 aromatic heterocycles. The largest absolute Gasteiger partial charge is 1.00 e. The van der Waals surface area contributed by atoms with Gasteiger partial charge in [0.2, 0.25) is 0 Å². The van der Waals surface area contributed by atoms with E-state index in [9.17, 15) is 0 Å². The molecular weight excluding hydrogens is 95.0 g/mol. The predicted octanol–water partition coefficient (Wildman–Crippen LogP) is -1.84. The average Bonchev–Trinajstić information content (AvgIpc) is 1.68. The van der Waals surface area contributed by atoms with Crippen LogP contribution in [0.15, 0.2) is 0 Å². The van der Waals surface area contributed by atoms with Gasteiger partial charge in [-0.2, -0.15) is 0 Å². The predicted molar refractivity (Wildman–Crippen MR) is 31.0 cm³/mol. The zero-order chi connectivity index (χ0) is 5.91. The second-order valence-corrected chi connectivity index (χ2v) is 1.86. The van der Waals surface area contributed by atoms with Gasteiger partial charge < -0.3 is 6.16 Å². The minimum Gasteiger partial charge on any atom is -1.00 e. The van der Waals surface area contributed by atoms with E-state index in [4.69, 9.17) is 11.2 Å². The van der Waals surface area contributed by atoms with Gasteiger partial charge >= 0.3 is 18.9 Å². The van der Waals surface area contributed by atoms with Gasteiger partial charge in [-0.25, -0.2) is 0 Å². The molecule has 0 heterocycles. The van der Waals surface area contributed by atoms with Gasteiger partial charge in [-0.3, -0.25) is 0 Å². The summed E-state index contributed by atoms with van der Waals surface area (Å²) in [5.41, 5.74) is -0.389. The summed E-state index contributed by atoms with van der Waals surface area (Å²) in [6.07, 6.45) is 5.04. The quantitative estimate of drug-likeness (QED) is 0.282. The molecule has 0 aromatic rings. The molecule has 0 spiro atoms. The number of hydrogen-bond donors (Lipinski definition) is 0. The molecule has 0 atom stereocenters. The Kier molecular flexibility index (Phi) is 5.55. The molecule has 42 valence electrons. The Balaban J connectivity index is -0.000000180. The molecule has 0 N–H and O–H groups in total. The standard InChI is InChI=1S/C6H10O.Li.H/c1-5-6(2,3)7-4;;/h1H,2-4H3;;/q;+1;-1. The Labute approximate surface area is 64.5 Å². The maximum absolute atomic E-state index is 5.04. The van der Waals surface area contributed by atoms with Gasteiger partial charge in [0.05, 0.1) is 0 Å². The van der Waals surface area contributed by atoms with Gasteiger partial charge in [0.25, 0.3) is 0 Å². The summed E-state index contributed by atoms with van der Waals surface area (Å²) in [5.74, 6) is 2.47. The van der Waals surface area contributed by atoms with Crippen molar-refractivity contribution in [1.29, 1.82) is 0 Å². The maximum atomic E-state index is 5.04. The summed E-state index contributed by atoms with van der Waals surface area (Å²) in [6.45, 7) is 3.68. The first-order valence-electron chi connectivity index (χ1n) is 2.15. The molecule has 0 saturated carbocycles. The summed E-state index contributed by atoms with van der Waals surface area (Å²) < 4.78 is 4.85. The molecule has 0 bridgehead atoms. The molecular formula is C6H11LiO. The molecule has 0 rings (SSSR count). The number of hydrogen-bond acceptors (Lipinski definition) is 1. The zero-order valence-electron chi connectivity index (χ0n) is 6.99. The fourth-order valence-corrected chi connectivity index (χ4v) is 0.0589.